The summed E-state index contributed by atoms with van der Waals surface area (Å²) in [5, 5.41) is 2.84. The van der Waals surface area contributed by atoms with Gasteiger partial charge in [-0.2, -0.15) is 13.2 Å². The molecule has 0 bridgehead atoms. The number of carbonyl (C=O) groups is 1. The Morgan fingerprint density at radius 3 is 2.33 bits per heavy atom. The number of ketones is 1. The number of benzene rings is 2. The Hall–Kier alpha value is -2.14. The Morgan fingerprint density at radius 1 is 0.952 bits per heavy atom. The second-order valence-electron chi connectivity index (χ2n) is 4.55. The maximum absolute atomic E-state index is 12.5. The predicted molar refractivity (Wildman–Crippen MR) is 76.7 cm³/mol. The van der Waals surface area contributed by atoms with Crippen molar-refractivity contribution < 1.29 is 18.0 Å². The highest BCUT2D eigenvalue weighted by Crippen LogP contribution is 2.30. The number of rotatable bonds is 2. The van der Waals surface area contributed by atoms with E-state index in [4.69, 9.17) is 0 Å². The highest BCUT2D eigenvalue weighted by atomic mass is 32.1. The van der Waals surface area contributed by atoms with E-state index in [1.807, 2.05) is 17.5 Å². The second kappa shape index (κ2) is 5.00. The van der Waals surface area contributed by atoms with Crippen LogP contribution in [0.3, 0.4) is 0 Å². The molecule has 0 spiro atoms. The first-order valence-corrected chi connectivity index (χ1v) is 7.03. The Kier molecular flexibility index (Phi) is 3.29. The summed E-state index contributed by atoms with van der Waals surface area (Å²) in [6.45, 7) is 0. The Bertz CT molecular complexity index is 800. The van der Waals surface area contributed by atoms with E-state index < -0.39 is 11.7 Å². The lowest BCUT2D eigenvalue weighted by Gasteiger charge is -2.07. The van der Waals surface area contributed by atoms with Crippen molar-refractivity contribution in [1.29, 1.82) is 0 Å². The van der Waals surface area contributed by atoms with Crippen molar-refractivity contribution in [3.8, 4) is 0 Å². The van der Waals surface area contributed by atoms with Gasteiger partial charge in [-0.3, -0.25) is 4.79 Å². The zero-order valence-corrected chi connectivity index (χ0v) is 11.5. The van der Waals surface area contributed by atoms with Gasteiger partial charge in [-0.25, -0.2) is 0 Å². The summed E-state index contributed by atoms with van der Waals surface area (Å²) in [5.41, 5.74) is 0.0135. The molecule has 1 heterocycles. The molecule has 0 saturated heterocycles. The van der Waals surface area contributed by atoms with E-state index in [1.54, 1.807) is 12.1 Å². The summed E-state index contributed by atoms with van der Waals surface area (Å²) in [5.74, 6) is -0.267. The molecular formula is C16H9F3OS. The van der Waals surface area contributed by atoms with Crippen LogP contribution in [0.15, 0.2) is 53.9 Å². The van der Waals surface area contributed by atoms with Gasteiger partial charge in [0.05, 0.1) is 5.56 Å². The number of fused-ring (bicyclic) bond motifs is 1. The maximum atomic E-state index is 12.5. The van der Waals surface area contributed by atoms with Crippen LogP contribution in [-0.2, 0) is 6.18 Å². The highest BCUT2D eigenvalue weighted by molar-refractivity contribution is 7.17. The van der Waals surface area contributed by atoms with Crippen molar-refractivity contribution in [2.75, 3.05) is 0 Å². The first-order chi connectivity index (χ1) is 9.97. The Morgan fingerprint density at radius 2 is 1.67 bits per heavy atom. The molecule has 3 aromatic rings. The average Bonchev–Trinajstić information content (AvgIpc) is 2.94. The summed E-state index contributed by atoms with van der Waals surface area (Å²) in [6.07, 6.45) is -4.39. The zero-order chi connectivity index (χ0) is 15.0. The van der Waals surface area contributed by atoms with Crippen LogP contribution in [0, 0.1) is 0 Å². The number of thiophene rings is 1. The largest absolute Gasteiger partial charge is 0.416 e. The molecule has 0 aliphatic carbocycles. The van der Waals surface area contributed by atoms with Crippen LogP contribution in [0.5, 0.6) is 0 Å². The van der Waals surface area contributed by atoms with Crippen molar-refractivity contribution in [2.24, 2.45) is 0 Å². The summed E-state index contributed by atoms with van der Waals surface area (Å²) in [4.78, 5) is 12.4. The molecule has 0 N–H and O–H groups in total. The predicted octanol–water partition coefficient (Wildman–Crippen LogP) is 5.15. The molecular weight excluding hydrogens is 297 g/mol. The van der Waals surface area contributed by atoms with E-state index in [1.165, 1.54) is 23.5 Å². The highest BCUT2D eigenvalue weighted by Gasteiger charge is 2.30. The summed E-state index contributed by atoms with van der Waals surface area (Å²) in [6, 6.07) is 11.6. The number of hydrogen-bond donors (Lipinski definition) is 0. The van der Waals surface area contributed by atoms with E-state index in [0.29, 0.717) is 5.56 Å². The molecule has 21 heavy (non-hydrogen) atoms. The quantitative estimate of drug-likeness (QED) is 0.598. The van der Waals surface area contributed by atoms with E-state index >= 15 is 0 Å². The first-order valence-electron chi connectivity index (χ1n) is 6.15. The SMILES string of the molecule is O=C(c1ccc(C(F)(F)F)cc1)c1cccc2ccsc12. The third-order valence-corrected chi connectivity index (χ3v) is 4.16. The van der Waals surface area contributed by atoms with E-state index in [2.05, 4.69) is 0 Å². The second-order valence-corrected chi connectivity index (χ2v) is 5.46. The fourth-order valence-corrected chi connectivity index (χ4v) is 3.05. The maximum Gasteiger partial charge on any atom is 0.416 e. The van der Waals surface area contributed by atoms with Crippen molar-refractivity contribution in [2.45, 2.75) is 6.18 Å². The molecule has 0 amide bonds. The summed E-state index contributed by atoms with van der Waals surface area (Å²) < 4.78 is 38.4. The van der Waals surface area contributed by atoms with Crippen LogP contribution in [0.2, 0.25) is 0 Å². The van der Waals surface area contributed by atoms with Gasteiger partial charge in [0.25, 0.3) is 0 Å². The molecule has 0 saturated carbocycles. The van der Waals surface area contributed by atoms with E-state index in [-0.39, 0.29) is 11.3 Å². The fourth-order valence-electron chi connectivity index (χ4n) is 2.14. The van der Waals surface area contributed by atoms with Crippen LogP contribution in [0.1, 0.15) is 21.5 Å². The minimum Gasteiger partial charge on any atom is -0.289 e. The number of alkyl halides is 3. The first kappa shape index (κ1) is 13.8. The lowest BCUT2D eigenvalue weighted by atomic mass is 10.0. The molecule has 2 aromatic carbocycles. The van der Waals surface area contributed by atoms with E-state index in [9.17, 15) is 18.0 Å². The van der Waals surface area contributed by atoms with Gasteiger partial charge in [-0.15, -0.1) is 11.3 Å². The van der Waals surface area contributed by atoms with Gasteiger partial charge in [0, 0.05) is 15.8 Å². The molecule has 3 rings (SSSR count). The molecule has 0 atom stereocenters. The third-order valence-electron chi connectivity index (χ3n) is 3.20. The number of carbonyl (C=O) groups excluding carboxylic acids is 1. The van der Waals surface area contributed by atoms with E-state index in [0.717, 1.165) is 22.2 Å². The summed E-state index contributed by atoms with van der Waals surface area (Å²) in [7, 11) is 0. The van der Waals surface area contributed by atoms with Crippen LogP contribution >= 0.6 is 11.3 Å². The minimum atomic E-state index is -4.39. The fraction of sp³-hybridized carbons (Fsp3) is 0.0625. The van der Waals surface area contributed by atoms with Crippen molar-refractivity contribution in [1.82, 2.24) is 0 Å². The van der Waals surface area contributed by atoms with Crippen molar-refractivity contribution in [3.05, 3.63) is 70.6 Å². The number of hydrogen-bond acceptors (Lipinski definition) is 2. The molecule has 106 valence electrons. The lowest BCUT2D eigenvalue weighted by Crippen LogP contribution is -2.06. The van der Waals surface area contributed by atoms with Crippen LogP contribution in [0.4, 0.5) is 13.2 Å². The Labute approximate surface area is 122 Å². The smallest absolute Gasteiger partial charge is 0.289 e. The molecule has 5 heteroatoms. The molecule has 0 aliphatic rings. The van der Waals surface area contributed by atoms with Gasteiger partial charge < -0.3 is 0 Å². The molecule has 1 aromatic heterocycles. The monoisotopic (exact) mass is 306 g/mol. The molecule has 0 aliphatic heterocycles. The van der Waals surface area contributed by atoms with Gasteiger partial charge in [0.15, 0.2) is 5.78 Å². The minimum absolute atomic E-state index is 0.254. The molecule has 0 unspecified atom stereocenters. The van der Waals surface area contributed by atoms with Crippen molar-refractivity contribution >= 4 is 27.2 Å². The molecule has 1 nitrogen and oxygen atoms in total. The lowest BCUT2D eigenvalue weighted by molar-refractivity contribution is -0.137. The van der Waals surface area contributed by atoms with Gasteiger partial charge in [-0.05, 0) is 35.0 Å². The van der Waals surface area contributed by atoms with Gasteiger partial charge in [-0.1, -0.05) is 24.3 Å². The van der Waals surface area contributed by atoms with Crippen LogP contribution < -0.4 is 0 Å². The Balaban J connectivity index is 2.01. The summed E-state index contributed by atoms with van der Waals surface area (Å²) >= 11 is 1.44. The normalized spacial score (nSPS) is 11.8. The van der Waals surface area contributed by atoms with Crippen molar-refractivity contribution in [3.63, 3.8) is 0 Å². The third kappa shape index (κ3) is 2.56. The van der Waals surface area contributed by atoms with Gasteiger partial charge in [0.2, 0.25) is 0 Å². The standard InChI is InChI=1S/C16H9F3OS/c17-16(18,19)12-6-4-10(5-7-12)14(20)13-3-1-2-11-8-9-21-15(11)13/h1-9H. The molecule has 0 fully saturated rings. The van der Waals surface area contributed by atoms with Crippen LogP contribution in [0.25, 0.3) is 10.1 Å². The zero-order valence-electron chi connectivity index (χ0n) is 10.6. The topological polar surface area (TPSA) is 17.1 Å². The van der Waals surface area contributed by atoms with Crippen LogP contribution in [-0.4, -0.2) is 5.78 Å². The average molecular weight is 306 g/mol. The van der Waals surface area contributed by atoms with Gasteiger partial charge >= 0.3 is 6.18 Å². The number of halogens is 3. The molecule has 0 radical (unpaired) electrons. The van der Waals surface area contributed by atoms with Gasteiger partial charge in [0.1, 0.15) is 0 Å².